The van der Waals surface area contributed by atoms with E-state index in [9.17, 15) is 14.4 Å². The summed E-state index contributed by atoms with van der Waals surface area (Å²) in [4.78, 5) is 39.9. The molecule has 38 heavy (non-hydrogen) atoms. The third kappa shape index (κ3) is 7.07. The van der Waals surface area contributed by atoms with Crippen molar-refractivity contribution >= 4 is 34.8 Å². The molecule has 0 radical (unpaired) electrons. The first-order chi connectivity index (χ1) is 18.5. The quantitative estimate of drug-likeness (QED) is 0.271. The first kappa shape index (κ1) is 26.2. The predicted molar refractivity (Wildman–Crippen MR) is 151 cm³/mol. The number of nitrogens with one attached hydrogen (secondary N) is 3. The van der Waals surface area contributed by atoms with Crippen LogP contribution in [0.15, 0.2) is 109 Å². The van der Waals surface area contributed by atoms with Gasteiger partial charge in [0.2, 0.25) is 5.91 Å². The summed E-state index contributed by atoms with van der Waals surface area (Å²) in [7, 11) is 0. The number of carbonyl (C=O) groups excluding carboxylic acids is 3. The van der Waals surface area contributed by atoms with E-state index < -0.39 is 0 Å². The summed E-state index contributed by atoms with van der Waals surface area (Å²) in [6.45, 7) is 2.88. The second-order valence-corrected chi connectivity index (χ2v) is 8.62. The number of amides is 3. The lowest BCUT2D eigenvalue weighted by atomic mass is 10.1. The van der Waals surface area contributed by atoms with Gasteiger partial charge in [0.05, 0.1) is 6.54 Å². The van der Waals surface area contributed by atoms with Gasteiger partial charge in [-0.25, -0.2) is 0 Å². The van der Waals surface area contributed by atoms with Crippen molar-refractivity contribution in [2.75, 3.05) is 28.6 Å². The fourth-order valence-corrected chi connectivity index (χ4v) is 3.98. The molecule has 0 spiro atoms. The number of hydrogen-bond acceptors (Lipinski definition) is 4. The van der Waals surface area contributed by atoms with Crippen molar-refractivity contribution in [2.45, 2.75) is 13.5 Å². The highest BCUT2D eigenvalue weighted by Gasteiger charge is 2.16. The summed E-state index contributed by atoms with van der Waals surface area (Å²) >= 11 is 0. The monoisotopic (exact) mass is 506 g/mol. The second kappa shape index (κ2) is 12.9. The lowest BCUT2D eigenvalue weighted by Gasteiger charge is -2.21. The number of hydrogen-bond donors (Lipinski definition) is 3. The molecule has 7 nitrogen and oxygen atoms in total. The van der Waals surface area contributed by atoms with E-state index in [1.165, 1.54) is 0 Å². The van der Waals surface area contributed by atoms with Crippen molar-refractivity contribution in [3.63, 3.8) is 0 Å². The smallest absolute Gasteiger partial charge is 0.258 e. The Bertz CT molecular complexity index is 1390. The Morgan fingerprint density at radius 2 is 1.34 bits per heavy atom. The van der Waals surface area contributed by atoms with Crippen LogP contribution in [0.25, 0.3) is 0 Å². The fourth-order valence-electron chi connectivity index (χ4n) is 3.98. The highest BCUT2D eigenvalue weighted by Crippen LogP contribution is 2.19. The lowest BCUT2D eigenvalue weighted by molar-refractivity contribution is -0.114. The van der Waals surface area contributed by atoms with Gasteiger partial charge >= 0.3 is 0 Å². The summed E-state index contributed by atoms with van der Waals surface area (Å²) in [5.74, 6) is -0.613. The maximum Gasteiger partial charge on any atom is 0.258 e. The van der Waals surface area contributed by atoms with E-state index in [-0.39, 0.29) is 24.3 Å². The summed E-state index contributed by atoms with van der Waals surface area (Å²) in [5, 5.41) is 8.77. The van der Waals surface area contributed by atoms with E-state index in [2.05, 4.69) is 16.0 Å². The van der Waals surface area contributed by atoms with Crippen LogP contribution >= 0.6 is 0 Å². The van der Waals surface area contributed by atoms with Gasteiger partial charge in [0.25, 0.3) is 11.8 Å². The maximum absolute atomic E-state index is 13.1. The molecule has 0 atom stereocenters. The van der Waals surface area contributed by atoms with Crippen molar-refractivity contribution in [3.8, 4) is 0 Å². The summed E-state index contributed by atoms with van der Waals surface area (Å²) in [6, 6.07) is 33.0. The van der Waals surface area contributed by atoms with E-state index in [4.69, 9.17) is 0 Å². The van der Waals surface area contributed by atoms with Gasteiger partial charge < -0.3 is 20.9 Å². The van der Waals surface area contributed by atoms with Gasteiger partial charge in [-0.3, -0.25) is 14.4 Å². The molecule has 0 fully saturated rings. The fraction of sp³-hybridized carbons (Fsp3) is 0.129. The highest BCUT2D eigenvalue weighted by atomic mass is 16.2. The van der Waals surface area contributed by atoms with Gasteiger partial charge in [-0.05, 0) is 61.0 Å². The van der Waals surface area contributed by atoms with Gasteiger partial charge in [0.15, 0.2) is 0 Å². The molecule has 0 saturated carbocycles. The molecule has 3 amide bonds. The lowest BCUT2D eigenvalue weighted by Crippen LogP contribution is -2.30. The average molecular weight is 507 g/mol. The van der Waals surface area contributed by atoms with Crippen LogP contribution in [0.1, 0.15) is 33.2 Å². The molecule has 0 bridgehead atoms. The van der Waals surface area contributed by atoms with Gasteiger partial charge in [-0.2, -0.15) is 0 Å². The SMILES string of the molecule is CCN(C(=O)c1cccc(NCC(=O)Nc2cccc(C(=O)NCc3ccccc3)c2)c1)c1ccccc1. The first-order valence-corrected chi connectivity index (χ1v) is 12.5. The van der Waals surface area contributed by atoms with Crippen LogP contribution in [0.5, 0.6) is 0 Å². The van der Waals surface area contributed by atoms with Crippen molar-refractivity contribution in [1.29, 1.82) is 0 Å². The van der Waals surface area contributed by atoms with Gasteiger partial charge in [-0.1, -0.05) is 60.7 Å². The average Bonchev–Trinajstić information content (AvgIpc) is 2.96. The maximum atomic E-state index is 13.1. The van der Waals surface area contributed by atoms with E-state index in [0.717, 1.165) is 11.3 Å². The molecule has 4 rings (SSSR count). The molecule has 4 aromatic carbocycles. The standard InChI is InChI=1S/C31H30N4O3/c1-2-35(28-17-7-4-8-18-28)31(38)25-14-10-15-26(20-25)32-22-29(36)34-27-16-9-13-24(19-27)30(37)33-21-23-11-5-3-6-12-23/h3-20,32H,2,21-22H2,1H3,(H,33,37)(H,34,36). The number of carbonyl (C=O) groups is 3. The molecule has 4 aromatic rings. The van der Waals surface area contributed by atoms with Crippen LogP contribution in [0, 0.1) is 0 Å². The van der Waals surface area contributed by atoms with Crippen LogP contribution < -0.4 is 20.9 Å². The van der Waals surface area contributed by atoms with E-state index in [0.29, 0.717) is 35.6 Å². The zero-order valence-corrected chi connectivity index (χ0v) is 21.2. The zero-order valence-electron chi connectivity index (χ0n) is 21.2. The summed E-state index contributed by atoms with van der Waals surface area (Å²) in [6.07, 6.45) is 0. The highest BCUT2D eigenvalue weighted by molar-refractivity contribution is 6.06. The van der Waals surface area contributed by atoms with Gasteiger partial charge in [-0.15, -0.1) is 0 Å². The van der Waals surface area contributed by atoms with Crippen molar-refractivity contribution in [3.05, 3.63) is 126 Å². The Balaban J connectivity index is 1.32. The molecular formula is C31H30N4O3. The normalized spacial score (nSPS) is 10.3. The Morgan fingerprint density at radius 1 is 0.711 bits per heavy atom. The molecule has 3 N–H and O–H groups in total. The largest absolute Gasteiger partial charge is 0.376 e. The number of rotatable bonds is 10. The molecule has 192 valence electrons. The van der Waals surface area contributed by atoms with Crippen LogP contribution in [0.3, 0.4) is 0 Å². The topological polar surface area (TPSA) is 90.5 Å². The van der Waals surface area contributed by atoms with Crippen molar-refractivity contribution < 1.29 is 14.4 Å². The minimum Gasteiger partial charge on any atom is -0.376 e. The molecule has 0 aromatic heterocycles. The second-order valence-electron chi connectivity index (χ2n) is 8.62. The molecule has 0 heterocycles. The number of benzene rings is 4. The van der Waals surface area contributed by atoms with E-state index >= 15 is 0 Å². The molecule has 0 aliphatic carbocycles. The summed E-state index contributed by atoms with van der Waals surface area (Å²) in [5.41, 5.74) is 3.99. The van der Waals surface area contributed by atoms with Crippen molar-refractivity contribution in [1.82, 2.24) is 5.32 Å². The van der Waals surface area contributed by atoms with E-state index in [1.807, 2.05) is 67.6 Å². The molecule has 0 aliphatic heterocycles. The van der Waals surface area contributed by atoms with Crippen LogP contribution in [0.4, 0.5) is 17.1 Å². The number of anilines is 3. The first-order valence-electron chi connectivity index (χ1n) is 12.5. The minimum atomic E-state index is -0.275. The molecule has 0 unspecified atom stereocenters. The Labute approximate surface area is 222 Å². The molecule has 0 aliphatic rings. The third-order valence-corrected chi connectivity index (χ3v) is 5.90. The van der Waals surface area contributed by atoms with Gasteiger partial charge in [0, 0.05) is 41.3 Å². The van der Waals surface area contributed by atoms with Crippen LogP contribution in [-0.4, -0.2) is 30.8 Å². The third-order valence-electron chi connectivity index (χ3n) is 5.90. The van der Waals surface area contributed by atoms with Crippen molar-refractivity contribution in [2.24, 2.45) is 0 Å². The predicted octanol–water partition coefficient (Wildman–Crippen LogP) is 5.33. The molecule has 0 saturated heterocycles. The van der Waals surface area contributed by atoms with Crippen LogP contribution in [0.2, 0.25) is 0 Å². The summed E-state index contributed by atoms with van der Waals surface area (Å²) < 4.78 is 0. The minimum absolute atomic E-state index is 0.00173. The Hall–Kier alpha value is -4.91. The number of para-hydroxylation sites is 1. The molecular weight excluding hydrogens is 476 g/mol. The van der Waals surface area contributed by atoms with Gasteiger partial charge in [0.1, 0.15) is 0 Å². The van der Waals surface area contributed by atoms with Crippen LogP contribution in [-0.2, 0) is 11.3 Å². The van der Waals surface area contributed by atoms with E-state index in [1.54, 1.807) is 53.4 Å². The molecule has 7 heteroatoms. The Morgan fingerprint density at radius 3 is 2.05 bits per heavy atom. The Kier molecular flexibility index (Phi) is 8.86. The zero-order chi connectivity index (χ0) is 26.7. The number of nitrogens with zero attached hydrogens (tertiary/aromatic N) is 1.